The molecule has 0 unspecified atom stereocenters. The van der Waals surface area contributed by atoms with E-state index in [0.717, 1.165) is 0 Å². The Labute approximate surface area is 113 Å². The fourth-order valence-electron chi connectivity index (χ4n) is 2.35. The first-order valence-electron chi connectivity index (χ1n) is 6.52. The molecule has 0 atom stereocenters. The molecule has 4 heteroatoms. The van der Waals surface area contributed by atoms with Gasteiger partial charge in [-0.15, -0.1) is 0 Å². The average molecular weight is 262 g/mol. The molecule has 0 fully saturated rings. The first-order chi connectivity index (χ1) is 9.02. The quantitative estimate of drug-likeness (QED) is 0.761. The summed E-state index contributed by atoms with van der Waals surface area (Å²) in [6, 6.07) is 8.29. The molecule has 0 saturated carbocycles. The maximum atomic E-state index is 9.31. The van der Waals surface area contributed by atoms with E-state index in [-0.39, 0.29) is 13.2 Å². The van der Waals surface area contributed by atoms with E-state index in [1.165, 1.54) is 22.2 Å². The van der Waals surface area contributed by atoms with Crippen molar-refractivity contribution in [3.63, 3.8) is 0 Å². The number of fused-ring (bicyclic) bond motifs is 1. The van der Waals surface area contributed by atoms with Crippen molar-refractivity contribution in [2.24, 2.45) is 7.05 Å². The van der Waals surface area contributed by atoms with Crippen LogP contribution in [0.3, 0.4) is 0 Å². The standard InChI is InChI=1S/C15H22N2O2/c1-11-12-6-4-5-7-13(12)17(3)14(11)8-16-15(2,9-18)10-19/h4-7,16,18-19H,8-10H2,1-3H3. The van der Waals surface area contributed by atoms with Gasteiger partial charge in [0.15, 0.2) is 0 Å². The second-order valence-corrected chi connectivity index (χ2v) is 5.38. The summed E-state index contributed by atoms with van der Waals surface area (Å²) in [6.07, 6.45) is 0. The number of hydrogen-bond acceptors (Lipinski definition) is 3. The van der Waals surface area contributed by atoms with Crippen LogP contribution in [-0.2, 0) is 13.6 Å². The Morgan fingerprint density at radius 1 is 1.21 bits per heavy atom. The number of aliphatic hydroxyl groups is 2. The van der Waals surface area contributed by atoms with Gasteiger partial charge in [0.25, 0.3) is 0 Å². The second kappa shape index (κ2) is 5.33. The molecule has 0 amide bonds. The monoisotopic (exact) mass is 262 g/mol. The highest BCUT2D eigenvalue weighted by Gasteiger charge is 2.22. The molecule has 104 valence electrons. The second-order valence-electron chi connectivity index (χ2n) is 5.38. The van der Waals surface area contributed by atoms with Crippen molar-refractivity contribution in [2.75, 3.05) is 13.2 Å². The Kier molecular flexibility index (Phi) is 3.94. The van der Waals surface area contributed by atoms with Crippen molar-refractivity contribution in [3.8, 4) is 0 Å². The van der Waals surface area contributed by atoms with Crippen LogP contribution < -0.4 is 5.32 Å². The maximum Gasteiger partial charge on any atom is 0.0633 e. The predicted octanol–water partition coefficient (Wildman–Crippen LogP) is 1.32. The molecule has 0 aliphatic rings. The lowest BCUT2D eigenvalue weighted by atomic mass is 10.1. The van der Waals surface area contributed by atoms with E-state index in [9.17, 15) is 10.2 Å². The van der Waals surface area contributed by atoms with E-state index in [1.807, 2.05) is 26.1 Å². The lowest BCUT2D eigenvalue weighted by molar-refractivity contribution is 0.102. The molecule has 2 aromatic rings. The van der Waals surface area contributed by atoms with Gasteiger partial charge in [-0.3, -0.25) is 0 Å². The fraction of sp³-hybridized carbons (Fsp3) is 0.467. The first kappa shape index (κ1) is 14.1. The summed E-state index contributed by atoms with van der Waals surface area (Å²) in [5.41, 5.74) is 2.97. The van der Waals surface area contributed by atoms with E-state index in [4.69, 9.17) is 0 Å². The number of aliphatic hydroxyl groups excluding tert-OH is 2. The molecule has 2 rings (SSSR count). The molecular formula is C15H22N2O2. The van der Waals surface area contributed by atoms with Crippen LogP contribution in [0.2, 0.25) is 0 Å². The summed E-state index contributed by atoms with van der Waals surface area (Å²) >= 11 is 0. The number of para-hydroxylation sites is 1. The Balaban J connectivity index is 2.31. The molecule has 0 aliphatic heterocycles. The van der Waals surface area contributed by atoms with E-state index in [2.05, 4.69) is 28.9 Å². The van der Waals surface area contributed by atoms with Gasteiger partial charge in [-0.05, 0) is 25.5 Å². The van der Waals surface area contributed by atoms with Crippen LogP contribution in [0.15, 0.2) is 24.3 Å². The Morgan fingerprint density at radius 2 is 1.84 bits per heavy atom. The van der Waals surface area contributed by atoms with Crippen molar-refractivity contribution in [3.05, 3.63) is 35.5 Å². The number of nitrogens with one attached hydrogen (secondary N) is 1. The van der Waals surface area contributed by atoms with Gasteiger partial charge >= 0.3 is 0 Å². The molecule has 19 heavy (non-hydrogen) atoms. The molecule has 1 heterocycles. The summed E-state index contributed by atoms with van der Waals surface area (Å²) in [5, 5.41) is 23.1. The minimum Gasteiger partial charge on any atom is -0.394 e. The third-order valence-corrected chi connectivity index (χ3v) is 3.89. The van der Waals surface area contributed by atoms with Gasteiger partial charge in [-0.25, -0.2) is 0 Å². The third-order valence-electron chi connectivity index (χ3n) is 3.89. The number of aromatic nitrogens is 1. The Hall–Kier alpha value is -1.36. The van der Waals surface area contributed by atoms with E-state index >= 15 is 0 Å². The van der Waals surface area contributed by atoms with Crippen LogP contribution in [0.1, 0.15) is 18.2 Å². The SMILES string of the molecule is Cc1c(CNC(C)(CO)CO)n(C)c2ccccc12. The predicted molar refractivity (Wildman–Crippen MR) is 77.1 cm³/mol. The average Bonchev–Trinajstić information content (AvgIpc) is 2.69. The summed E-state index contributed by atoms with van der Waals surface area (Å²) in [5.74, 6) is 0. The number of benzene rings is 1. The molecule has 0 spiro atoms. The lowest BCUT2D eigenvalue weighted by Crippen LogP contribution is -2.48. The molecule has 0 bridgehead atoms. The molecule has 4 nitrogen and oxygen atoms in total. The topological polar surface area (TPSA) is 57.4 Å². The van der Waals surface area contributed by atoms with Crippen LogP contribution in [0.5, 0.6) is 0 Å². The van der Waals surface area contributed by atoms with E-state index in [0.29, 0.717) is 6.54 Å². The highest BCUT2D eigenvalue weighted by molar-refractivity contribution is 5.85. The highest BCUT2D eigenvalue weighted by Crippen LogP contribution is 2.24. The van der Waals surface area contributed by atoms with Gasteiger partial charge in [-0.1, -0.05) is 18.2 Å². The zero-order chi connectivity index (χ0) is 14.0. The van der Waals surface area contributed by atoms with E-state index < -0.39 is 5.54 Å². The maximum absolute atomic E-state index is 9.31. The largest absolute Gasteiger partial charge is 0.394 e. The first-order valence-corrected chi connectivity index (χ1v) is 6.52. The summed E-state index contributed by atoms with van der Waals surface area (Å²) < 4.78 is 2.16. The number of rotatable bonds is 5. The van der Waals surface area contributed by atoms with Crippen molar-refractivity contribution >= 4 is 10.9 Å². The van der Waals surface area contributed by atoms with Crippen molar-refractivity contribution < 1.29 is 10.2 Å². The fourth-order valence-corrected chi connectivity index (χ4v) is 2.35. The van der Waals surface area contributed by atoms with Crippen molar-refractivity contribution in [2.45, 2.75) is 25.9 Å². The minimum atomic E-state index is -0.650. The zero-order valence-electron chi connectivity index (χ0n) is 11.8. The molecule has 0 aliphatic carbocycles. The highest BCUT2D eigenvalue weighted by atomic mass is 16.3. The summed E-state index contributed by atoms with van der Waals surface area (Å²) in [7, 11) is 2.04. The van der Waals surface area contributed by atoms with Crippen LogP contribution in [0.4, 0.5) is 0 Å². The Morgan fingerprint density at radius 3 is 2.42 bits per heavy atom. The molecule has 1 aromatic heterocycles. The van der Waals surface area contributed by atoms with E-state index in [1.54, 1.807) is 0 Å². The molecule has 1 aromatic carbocycles. The van der Waals surface area contributed by atoms with Gasteiger partial charge in [0.05, 0.1) is 18.8 Å². The lowest BCUT2D eigenvalue weighted by Gasteiger charge is -2.26. The van der Waals surface area contributed by atoms with Crippen LogP contribution >= 0.6 is 0 Å². The number of aryl methyl sites for hydroxylation is 2. The smallest absolute Gasteiger partial charge is 0.0633 e. The van der Waals surface area contributed by atoms with Crippen LogP contribution in [0, 0.1) is 6.92 Å². The zero-order valence-corrected chi connectivity index (χ0v) is 11.8. The van der Waals surface area contributed by atoms with Gasteiger partial charge < -0.3 is 20.1 Å². The van der Waals surface area contributed by atoms with Crippen LogP contribution in [-0.4, -0.2) is 33.5 Å². The molecule has 3 N–H and O–H groups in total. The molecular weight excluding hydrogens is 240 g/mol. The number of nitrogens with zero attached hydrogens (tertiary/aromatic N) is 1. The Bertz CT molecular complexity index is 532. The van der Waals surface area contributed by atoms with Crippen LogP contribution in [0.25, 0.3) is 10.9 Å². The van der Waals surface area contributed by atoms with Gasteiger partial charge in [-0.2, -0.15) is 0 Å². The van der Waals surface area contributed by atoms with Gasteiger partial charge in [0.2, 0.25) is 0 Å². The van der Waals surface area contributed by atoms with Crippen molar-refractivity contribution in [1.82, 2.24) is 9.88 Å². The third kappa shape index (κ3) is 2.52. The van der Waals surface area contributed by atoms with Gasteiger partial charge in [0, 0.05) is 30.2 Å². The number of hydrogen-bond donors (Lipinski definition) is 3. The molecule has 0 radical (unpaired) electrons. The molecule has 0 saturated heterocycles. The minimum absolute atomic E-state index is 0.0908. The summed E-state index contributed by atoms with van der Waals surface area (Å²) in [6.45, 7) is 4.35. The normalized spacial score (nSPS) is 12.3. The van der Waals surface area contributed by atoms with Crippen molar-refractivity contribution in [1.29, 1.82) is 0 Å². The summed E-state index contributed by atoms with van der Waals surface area (Å²) in [4.78, 5) is 0. The van der Waals surface area contributed by atoms with Gasteiger partial charge in [0.1, 0.15) is 0 Å².